The Bertz CT molecular complexity index is 1070. The van der Waals surface area contributed by atoms with E-state index in [-0.39, 0.29) is 49.9 Å². The molecule has 1 aliphatic carbocycles. The summed E-state index contributed by atoms with van der Waals surface area (Å²) in [5.41, 5.74) is 0.784. The van der Waals surface area contributed by atoms with Gasteiger partial charge in [-0.25, -0.2) is 4.39 Å². The van der Waals surface area contributed by atoms with Crippen LogP contribution in [0.5, 0.6) is 5.75 Å². The number of benzene rings is 2. The normalized spacial score (nSPS) is 12.9. The van der Waals surface area contributed by atoms with E-state index in [1.807, 2.05) is 0 Å². The predicted octanol–water partition coefficient (Wildman–Crippen LogP) is 4.67. The van der Waals surface area contributed by atoms with E-state index < -0.39 is 0 Å². The maximum Gasteiger partial charge on any atom is 0.261 e. The summed E-state index contributed by atoms with van der Waals surface area (Å²) in [6.07, 6.45) is 3.26. The molecule has 2 amide bonds. The number of amides is 2. The van der Waals surface area contributed by atoms with Crippen LogP contribution in [0.25, 0.3) is 0 Å². The Morgan fingerprint density at radius 2 is 1.73 bits per heavy atom. The van der Waals surface area contributed by atoms with Crippen molar-refractivity contribution in [3.8, 4) is 5.75 Å². The van der Waals surface area contributed by atoms with Gasteiger partial charge in [0.05, 0.1) is 12.8 Å². The van der Waals surface area contributed by atoms with E-state index in [0.717, 1.165) is 18.4 Å². The Kier molecular flexibility index (Phi) is 7.29. The summed E-state index contributed by atoms with van der Waals surface area (Å²) in [6.45, 7) is 0.294. The Morgan fingerprint density at radius 3 is 2.36 bits per heavy atom. The van der Waals surface area contributed by atoms with Gasteiger partial charge in [-0.3, -0.25) is 9.59 Å². The van der Waals surface area contributed by atoms with Crippen LogP contribution in [0.4, 0.5) is 4.39 Å². The smallest absolute Gasteiger partial charge is 0.261 e. The molecule has 1 aliphatic rings. The van der Waals surface area contributed by atoms with Gasteiger partial charge in [-0.15, -0.1) is 0 Å². The van der Waals surface area contributed by atoms with Crippen molar-refractivity contribution in [3.63, 3.8) is 0 Å². The van der Waals surface area contributed by atoms with Gasteiger partial charge in [0.2, 0.25) is 5.91 Å². The number of carbonyl (C=O) groups excluding carboxylic acids is 2. The molecule has 6 nitrogen and oxygen atoms in total. The van der Waals surface area contributed by atoms with Crippen molar-refractivity contribution >= 4 is 23.4 Å². The minimum atomic E-state index is -0.339. The second-order valence-corrected chi connectivity index (χ2v) is 8.39. The number of furan rings is 1. The maximum atomic E-state index is 13.3. The lowest BCUT2D eigenvalue weighted by molar-refractivity contribution is -0.143. The van der Waals surface area contributed by atoms with Crippen LogP contribution >= 0.6 is 11.6 Å². The van der Waals surface area contributed by atoms with Crippen LogP contribution in [-0.4, -0.2) is 40.8 Å². The maximum absolute atomic E-state index is 13.3. The first-order valence-corrected chi connectivity index (χ1v) is 11.1. The molecule has 0 radical (unpaired) electrons. The molecule has 172 valence electrons. The Labute approximate surface area is 196 Å². The lowest BCUT2D eigenvalue weighted by Crippen LogP contribution is -2.45. The summed E-state index contributed by atoms with van der Waals surface area (Å²) in [6, 6.07) is 16.3. The molecule has 0 spiro atoms. The molecule has 1 fully saturated rings. The minimum Gasteiger partial charge on any atom is -0.484 e. The molecule has 8 heteroatoms. The van der Waals surface area contributed by atoms with E-state index in [2.05, 4.69) is 0 Å². The monoisotopic (exact) mass is 470 g/mol. The molecule has 0 bridgehead atoms. The fourth-order valence-corrected chi connectivity index (χ4v) is 3.57. The molecule has 1 saturated carbocycles. The summed E-state index contributed by atoms with van der Waals surface area (Å²) in [7, 11) is 0. The van der Waals surface area contributed by atoms with Gasteiger partial charge in [-0.2, -0.15) is 0 Å². The quantitative estimate of drug-likeness (QED) is 0.432. The number of hydrogen-bond donors (Lipinski definition) is 0. The van der Waals surface area contributed by atoms with Gasteiger partial charge in [-0.1, -0.05) is 23.7 Å². The first kappa shape index (κ1) is 22.9. The van der Waals surface area contributed by atoms with Crippen LogP contribution in [0.15, 0.2) is 71.3 Å². The highest BCUT2D eigenvalue weighted by molar-refractivity contribution is 6.30. The largest absolute Gasteiger partial charge is 0.484 e. The number of rotatable bonds is 10. The zero-order chi connectivity index (χ0) is 23.2. The van der Waals surface area contributed by atoms with Gasteiger partial charge in [-0.05, 0) is 66.9 Å². The van der Waals surface area contributed by atoms with E-state index in [1.54, 1.807) is 64.6 Å². The summed E-state index contributed by atoms with van der Waals surface area (Å²) in [5, 5.41) is 0.580. The van der Waals surface area contributed by atoms with E-state index in [9.17, 15) is 14.0 Å². The first-order chi connectivity index (χ1) is 16.0. The Balaban J connectivity index is 1.42. The predicted molar refractivity (Wildman–Crippen MR) is 121 cm³/mol. The van der Waals surface area contributed by atoms with Crippen molar-refractivity contribution in [1.29, 1.82) is 0 Å². The fourth-order valence-electron chi connectivity index (χ4n) is 3.44. The van der Waals surface area contributed by atoms with Crippen molar-refractivity contribution in [2.45, 2.75) is 32.0 Å². The van der Waals surface area contributed by atoms with Crippen LogP contribution < -0.4 is 4.74 Å². The van der Waals surface area contributed by atoms with Crippen molar-refractivity contribution < 1.29 is 23.1 Å². The van der Waals surface area contributed by atoms with E-state index in [0.29, 0.717) is 16.5 Å². The van der Waals surface area contributed by atoms with Crippen LogP contribution in [0, 0.1) is 5.82 Å². The topological polar surface area (TPSA) is 63.0 Å². The van der Waals surface area contributed by atoms with E-state index >= 15 is 0 Å². The van der Waals surface area contributed by atoms with Gasteiger partial charge in [0.1, 0.15) is 23.9 Å². The van der Waals surface area contributed by atoms with Crippen molar-refractivity contribution in [3.05, 3.63) is 89.1 Å². The number of halogens is 2. The van der Waals surface area contributed by atoms with E-state index in [4.69, 9.17) is 20.8 Å². The standard InChI is InChI=1S/C25H24ClFN2O4/c26-19-5-11-22(12-6-19)33-17-25(31)29(21-9-10-21)16-24(30)28(15-23-2-1-13-32-23)14-18-3-7-20(27)8-4-18/h1-8,11-13,21H,9-10,14-17H2. The molecule has 0 unspecified atom stereocenters. The van der Waals surface area contributed by atoms with Crippen LogP contribution in [-0.2, 0) is 22.7 Å². The Morgan fingerprint density at radius 1 is 1.00 bits per heavy atom. The third-order valence-electron chi connectivity index (χ3n) is 5.36. The molecule has 0 N–H and O–H groups in total. The Hall–Kier alpha value is -3.32. The van der Waals surface area contributed by atoms with Crippen molar-refractivity contribution in [2.75, 3.05) is 13.2 Å². The molecule has 3 aromatic rings. The second kappa shape index (κ2) is 10.5. The third kappa shape index (κ3) is 6.58. The van der Waals surface area contributed by atoms with Crippen LogP contribution in [0.1, 0.15) is 24.2 Å². The molecule has 33 heavy (non-hydrogen) atoms. The number of hydrogen-bond acceptors (Lipinski definition) is 4. The van der Waals surface area contributed by atoms with Gasteiger partial charge in [0, 0.05) is 17.6 Å². The molecular weight excluding hydrogens is 447 g/mol. The average Bonchev–Trinajstić information content (AvgIpc) is 3.53. The van der Waals surface area contributed by atoms with Gasteiger partial charge >= 0.3 is 0 Å². The van der Waals surface area contributed by atoms with Gasteiger partial charge < -0.3 is 19.0 Å². The summed E-state index contributed by atoms with van der Waals surface area (Å²) < 4.78 is 24.3. The average molecular weight is 471 g/mol. The first-order valence-electron chi connectivity index (χ1n) is 10.7. The molecule has 2 aromatic carbocycles. The highest BCUT2D eigenvalue weighted by Crippen LogP contribution is 2.27. The highest BCUT2D eigenvalue weighted by atomic mass is 35.5. The molecule has 0 saturated heterocycles. The number of carbonyl (C=O) groups is 2. The number of nitrogens with zero attached hydrogens (tertiary/aromatic N) is 2. The van der Waals surface area contributed by atoms with Gasteiger partial charge in [0.15, 0.2) is 6.61 Å². The fraction of sp³-hybridized carbons (Fsp3) is 0.280. The minimum absolute atomic E-state index is 0.0338. The molecule has 0 atom stereocenters. The summed E-state index contributed by atoms with van der Waals surface area (Å²) in [4.78, 5) is 29.3. The molecular formula is C25H24ClFN2O4. The summed E-state index contributed by atoms with van der Waals surface area (Å²) >= 11 is 5.88. The van der Waals surface area contributed by atoms with Crippen LogP contribution in [0.2, 0.25) is 5.02 Å². The molecule has 1 aromatic heterocycles. The van der Waals surface area contributed by atoms with Gasteiger partial charge in [0.25, 0.3) is 5.91 Å². The SMILES string of the molecule is O=C(CN(C(=O)COc1ccc(Cl)cc1)C1CC1)N(Cc1ccc(F)cc1)Cc1ccco1. The molecule has 0 aliphatic heterocycles. The zero-order valence-electron chi connectivity index (χ0n) is 18.0. The second-order valence-electron chi connectivity index (χ2n) is 7.95. The molecule has 4 rings (SSSR count). The molecule has 1 heterocycles. The lowest BCUT2D eigenvalue weighted by atomic mass is 10.2. The van der Waals surface area contributed by atoms with Crippen LogP contribution in [0.3, 0.4) is 0 Å². The summed E-state index contributed by atoms with van der Waals surface area (Å²) in [5.74, 6) is 0.350. The van der Waals surface area contributed by atoms with Crippen molar-refractivity contribution in [1.82, 2.24) is 9.80 Å². The van der Waals surface area contributed by atoms with Crippen molar-refractivity contribution in [2.24, 2.45) is 0 Å². The van der Waals surface area contributed by atoms with E-state index in [1.165, 1.54) is 12.1 Å². The highest BCUT2D eigenvalue weighted by Gasteiger charge is 2.35. The lowest BCUT2D eigenvalue weighted by Gasteiger charge is -2.27. The zero-order valence-corrected chi connectivity index (χ0v) is 18.7. The number of ether oxygens (including phenoxy) is 1. The third-order valence-corrected chi connectivity index (χ3v) is 5.61.